The Labute approximate surface area is 135 Å². The number of nitrogens with zero attached hydrogens (tertiary/aromatic N) is 2. The summed E-state index contributed by atoms with van der Waals surface area (Å²) in [6, 6.07) is 6.14. The molecular weight excluding hydrogens is 296 g/mol. The molecule has 0 radical (unpaired) electrons. The Kier molecular flexibility index (Phi) is 6.15. The highest BCUT2D eigenvalue weighted by atomic mass is 32.1. The van der Waals surface area contributed by atoms with Crippen molar-refractivity contribution in [3.8, 4) is 0 Å². The molecule has 0 bridgehead atoms. The van der Waals surface area contributed by atoms with Crippen molar-refractivity contribution < 1.29 is 4.79 Å². The first-order chi connectivity index (χ1) is 10.6. The average molecular weight is 320 g/mol. The van der Waals surface area contributed by atoms with Crippen molar-refractivity contribution in [3.05, 3.63) is 40.8 Å². The first-order valence-electron chi connectivity index (χ1n) is 7.63. The van der Waals surface area contributed by atoms with Gasteiger partial charge in [-0.25, -0.2) is 0 Å². The molecular formula is C16H24N4OS. The summed E-state index contributed by atoms with van der Waals surface area (Å²) in [6.45, 7) is 6.73. The molecule has 1 amide bonds. The zero-order valence-corrected chi connectivity index (χ0v) is 14.1. The van der Waals surface area contributed by atoms with Crippen molar-refractivity contribution in [1.29, 1.82) is 0 Å². The molecule has 0 aliphatic rings. The van der Waals surface area contributed by atoms with Gasteiger partial charge in [-0.3, -0.25) is 9.48 Å². The SMILES string of the molecule is C[C@H](N[C@H](C)[C@H](C)n1cccn1)C(=O)NCCc1cccs1. The first-order valence-corrected chi connectivity index (χ1v) is 8.51. The molecule has 2 heterocycles. The van der Waals surface area contributed by atoms with E-state index in [1.54, 1.807) is 17.5 Å². The van der Waals surface area contributed by atoms with Crippen LogP contribution in [0, 0.1) is 0 Å². The summed E-state index contributed by atoms with van der Waals surface area (Å²) >= 11 is 1.72. The van der Waals surface area contributed by atoms with E-state index < -0.39 is 0 Å². The molecule has 2 N–H and O–H groups in total. The Bertz CT molecular complexity index is 553. The molecule has 0 unspecified atom stereocenters. The number of aromatic nitrogens is 2. The minimum atomic E-state index is -0.226. The maximum Gasteiger partial charge on any atom is 0.236 e. The van der Waals surface area contributed by atoms with Crippen LogP contribution in [0.1, 0.15) is 31.7 Å². The Balaban J connectivity index is 1.73. The van der Waals surface area contributed by atoms with Gasteiger partial charge in [0.15, 0.2) is 0 Å². The normalized spacial score (nSPS) is 15.2. The monoisotopic (exact) mass is 320 g/mol. The maximum atomic E-state index is 12.1. The van der Waals surface area contributed by atoms with Crippen molar-refractivity contribution in [2.75, 3.05) is 6.54 Å². The van der Waals surface area contributed by atoms with Gasteiger partial charge in [0.05, 0.1) is 12.1 Å². The molecule has 120 valence electrons. The van der Waals surface area contributed by atoms with Crippen LogP contribution < -0.4 is 10.6 Å². The average Bonchev–Trinajstić information content (AvgIpc) is 3.19. The fourth-order valence-electron chi connectivity index (χ4n) is 2.28. The van der Waals surface area contributed by atoms with Gasteiger partial charge in [-0.2, -0.15) is 5.10 Å². The van der Waals surface area contributed by atoms with E-state index in [1.807, 2.05) is 29.9 Å². The van der Waals surface area contributed by atoms with Gasteiger partial charge >= 0.3 is 0 Å². The molecule has 5 nitrogen and oxygen atoms in total. The van der Waals surface area contributed by atoms with E-state index in [2.05, 4.69) is 41.0 Å². The number of thiophene rings is 1. The Morgan fingerprint density at radius 2 is 2.18 bits per heavy atom. The first kappa shape index (κ1) is 16.7. The van der Waals surface area contributed by atoms with Crippen LogP contribution in [0.15, 0.2) is 36.0 Å². The number of carbonyl (C=O) groups excluding carboxylic acids is 1. The molecule has 0 aliphatic carbocycles. The molecule has 22 heavy (non-hydrogen) atoms. The topological polar surface area (TPSA) is 59.0 Å². The summed E-state index contributed by atoms with van der Waals surface area (Å²) < 4.78 is 1.90. The van der Waals surface area contributed by atoms with E-state index in [-0.39, 0.29) is 24.0 Å². The molecule has 0 aromatic carbocycles. The van der Waals surface area contributed by atoms with Gasteiger partial charge in [-0.05, 0) is 44.7 Å². The van der Waals surface area contributed by atoms with Crippen molar-refractivity contribution in [2.45, 2.75) is 45.3 Å². The number of rotatable bonds is 8. The number of nitrogens with one attached hydrogen (secondary N) is 2. The van der Waals surface area contributed by atoms with E-state index in [0.717, 1.165) is 6.42 Å². The standard InChI is InChI=1S/C16H24N4OS/c1-12(14(3)20-10-5-8-18-20)19-13(2)16(21)17-9-7-15-6-4-11-22-15/h4-6,8,10-14,19H,7,9H2,1-3H3,(H,17,21)/t12-,13+,14+/m1/s1. The summed E-state index contributed by atoms with van der Waals surface area (Å²) in [6.07, 6.45) is 4.59. The summed E-state index contributed by atoms with van der Waals surface area (Å²) in [5.41, 5.74) is 0. The van der Waals surface area contributed by atoms with E-state index in [1.165, 1.54) is 4.88 Å². The lowest BCUT2D eigenvalue weighted by molar-refractivity contribution is -0.122. The molecule has 0 saturated carbocycles. The van der Waals surface area contributed by atoms with Gasteiger partial charge in [-0.15, -0.1) is 11.3 Å². The third-order valence-corrected chi connectivity index (χ3v) is 4.76. The summed E-state index contributed by atoms with van der Waals surface area (Å²) in [5, 5.41) is 12.6. The molecule has 0 saturated heterocycles. The smallest absolute Gasteiger partial charge is 0.236 e. The Hall–Kier alpha value is -1.66. The fourth-order valence-corrected chi connectivity index (χ4v) is 2.99. The fraction of sp³-hybridized carbons (Fsp3) is 0.500. The van der Waals surface area contributed by atoms with Crippen LogP contribution in [0.3, 0.4) is 0 Å². The second kappa shape index (κ2) is 8.10. The molecule has 2 rings (SSSR count). The lowest BCUT2D eigenvalue weighted by atomic mass is 10.1. The molecule has 2 aromatic heterocycles. The van der Waals surface area contributed by atoms with Gasteiger partial charge in [0, 0.05) is 29.9 Å². The predicted molar refractivity (Wildman–Crippen MR) is 90.0 cm³/mol. The van der Waals surface area contributed by atoms with Gasteiger partial charge < -0.3 is 10.6 Å². The summed E-state index contributed by atoms with van der Waals surface area (Å²) in [7, 11) is 0. The summed E-state index contributed by atoms with van der Waals surface area (Å²) in [4.78, 5) is 13.4. The van der Waals surface area contributed by atoms with Crippen molar-refractivity contribution >= 4 is 17.2 Å². The molecule has 3 atom stereocenters. The highest BCUT2D eigenvalue weighted by Gasteiger charge is 2.20. The van der Waals surface area contributed by atoms with Crippen LogP contribution in [0.2, 0.25) is 0 Å². The van der Waals surface area contributed by atoms with Gasteiger partial charge in [-0.1, -0.05) is 6.07 Å². The lowest BCUT2D eigenvalue weighted by Gasteiger charge is -2.25. The van der Waals surface area contributed by atoms with E-state index in [4.69, 9.17) is 0 Å². The van der Waals surface area contributed by atoms with E-state index in [0.29, 0.717) is 6.54 Å². The van der Waals surface area contributed by atoms with Gasteiger partial charge in [0.1, 0.15) is 0 Å². The summed E-state index contributed by atoms with van der Waals surface area (Å²) in [5.74, 6) is 0.0380. The van der Waals surface area contributed by atoms with Gasteiger partial charge in [0.25, 0.3) is 0 Å². The third-order valence-electron chi connectivity index (χ3n) is 3.82. The Morgan fingerprint density at radius 1 is 1.36 bits per heavy atom. The quantitative estimate of drug-likeness (QED) is 0.784. The van der Waals surface area contributed by atoms with Crippen LogP contribution in [-0.2, 0) is 11.2 Å². The number of hydrogen-bond donors (Lipinski definition) is 2. The highest BCUT2D eigenvalue weighted by molar-refractivity contribution is 7.09. The predicted octanol–water partition coefficient (Wildman–Crippen LogP) is 2.23. The van der Waals surface area contributed by atoms with Crippen LogP contribution in [0.4, 0.5) is 0 Å². The highest BCUT2D eigenvalue weighted by Crippen LogP contribution is 2.10. The minimum absolute atomic E-state index is 0.0380. The zero-order valence-electron chi connectivity index (χ0n) is 13.3. The zero-order chi connectivity index (χ0) is 15.9. The lowest BCUT2D eigenvalue weighted by Crippen LogP contribution is -2.48. The Morgan fingerprint density at radius 3 is 2.82 bits per heavy atom. The second-order valence-corrected chi connectivity index (χ2v) is 6.56. The largest absolute Gasteiger partial charge is 0.354 e. The number of hydrogen-bond acceptors (Lipinski definition) is 4. The molecule has 0 aliphatic heterocycles. The maximum absolute atomic E-state index is 12.1. The third kappa shape index (κ3) is 4.68. The van der Waals surface area contributed by atoms with Gasteiger partial charge in [0.2, 0.25) is 5.91 Å². The minimum Gasteiger partial charge on any atom is -0.354 e. The molecule has 0 spiro atoms. The van der Waals surface area contributed by atoms with Crippen LogP contribution in [-0.4, -0.2) is 34.3 Å². The van der Waals surface area contributed by atoms with Crippen molar-refractivity contribution in [2.24, 2.45) is 0 Å². The van der Waals surface area contributed by atoms with Crippen LogP contribution in [0.5, 0.6) is 0 Å². The molecule has 6 heteroatoms. The second-order valence-electron chi connectivity index (χ2n) is 5.52. The molecule has 0 fully saturated rings. The molecule has 2 aromatic rings. The van der Waals surface area contributed by atoms with Crippen molar-refractivity contribution in [3.63, 3.8) is 0 Å². The van der Waals surface area contributed by atoms with E-state index >= 15 is 0 Å². The number of amides is 1. The van der Waals surface area contributed by atoms with Crippen LogP contribution >= 0.6 is 11.3 Å². The van der Waals surface area contributed by atoms with E-state index in [9.17, 15) is 4.79 Å². The van der Waals surface area contributed by atoms with Crippen molar-refractivity contribution in [1.82, 2.24) is 20.4 Å². The number of carbonyl (C=O) groups is 1. The van der Waals surface area contributed by atoms with Crippen LogP contribution in [0.25, 0.3) is 0 Å².